The first-order valence-corrected chi connectivity index (χ1v) is 6.64. The first-order valence-electron chi connectivity index (χ1n) is 5.76. The maximum Gasteiger partial charge on any atom is 0.323 e. The molecule has 98 valence electrons. The molecule has 0 saturated carbocycles. The highest BCUT2D eigenvalue weighted by Crippen LogP contribution is 2.17. The summed E-state index contributed by atoms with van der Waals surface area (Å²) in [6, 6.07) is -0.119. The van der Waals surface area contributed by atoms with E-state index in [1.54, 1.807) is 10.3 Å². The number of hydrogen-bond donors (Lipinski definition) is 1. The van der Waals surface area contributed by atoms with E-state index in [1.165, 1.54) is 18.4 Å². The standard InChI is InChI=1S/C11H15N3O3S/c1-17-9(15)6-8-7-18-10(12-8)13-11(16)14-4-2-3-5-14/h7H,2-6H2,1H3,(H,12,13,16). The number of esters is 1. The fourth-order valence-corrected chi connectivity index (χ4v) is 2.46. The average Bonchev–Trinajstić information content (AvgIpc) is 3.00. The van der Waals surface area contributed by atoms with Crippen LogP contribution < -0.4 is 5.32 Å². The number of rotatable bonds is 3. The van der Waals surface area contributed by atoms with Crippen LogP contribution in [0.2, 0.25) is 0 Å². The third-order valence-electron chi connectivity index (χ3n) is 2.71. The lowest BCUT2D eigenvalue weighted by Crippen LogP contribution is -2.32. The lowest BCUT2D eigenvalue weighted by Gasteiger charge is -2.14. The normalized spacial score (nSPS) is 14.6. The Bertz CT molecular complexity index is 440. The summed E-state index contributed by atoms with van der Waals surface area (Å²) in [4.78, 5) is 28.8. The number of anilines is 1. The van der Waals surface area contributed by atoms with Crippen molar-refractivity contribution >= 4 is 28.5 Å². The Morgan fingerprint density at radius 2 is 2.22 bits per heavy atom. The SMILES string of the molecule is COC(=O)Cc1csc(NC(=O)N2CCCC2)n1. The Morgan fingerprint density at radius 1 is 1.50 bits per heavy atom. The van der Waals surface area contributed by atoms with Gasteiger partial charge in [-0.1, -0.05) is 0 Å². The Balaban J connectivity index is 1.89. The number of likely N-dealkylation sites (tertiary alicyclic amines) is 1. The summed E-state index contributed by atoms with van der Waals surface area (Å²) in [7, 11) is 1.34. The quantitative estimate of drug-likeness (QED) is 0.844. The Kier molecular flexibility index (Phi) is 4.14. The van der Waals surface area contributed by atoms with Crippen LogP contribution in [0.3, 0.4) is 0 Å². The van der Waals surface area contributed by atoms with Gasteiger partial charge in [0.2, 0.25) is 0 Å². The zero-order chi connectivity index (χ0) is 13.0. The van der Waals surface area contributed by atoms with Gasteiger partial charge in [0.05, 0.1) is 19.2 Å². The van der Waals surface area contributed by atoms with Crippen molar-refractivity contribution in [2.45, 2.75) is 19.3 Å². The molecule has 1 aromatic rings. The summed E-state index contributed by atoms with van der Waals surface area (Å²) in [6.45, 7) is 1.60. The van der Waals surface area contributed by atoms with Gasteiger partial charge in [-0.05, 0) is 12.8 Å². The van der Waals surface area contributed by atoms with E-state index >= 15 is 0 Å². The summed E-state index contributed by atoms with van der Waals surface area (Å²) >= 11 is 1.31. The highest BCUT2D eigenvalue weighted by molar-refractivity contribution is 7.13. The molecule has 1 aliphatic heterocycles. The molecule has 2 heterocycles. The maximum absolute atomic E-state index is 11.8. The van der Waals surface area contributed by atoms with Gasteiger partial charge in [0.25, 0.3) is 0 Å². The van der Waals surface area contributed by atoms with Gasteiger partial charge in [-0.2, -0.15) is 0 Å². The van der Waals surface area contributed by atoms with Crippen molar-refractivity contribution < 1.29 is 14.3 Å². The van der Waals surface area contributed by atoms with E-state index in [9.17, 15) is 9.59 Å². The number of urea groups is 1. The van der Waals surface area contributed by atoms with Crippen LogP contribution in [0, 0.1) is 0 Å². The molecule has 6 nitrogen and oxygen atoms in total. The minimum absolute atomic E-state index is 0.119. The van der Waals surface area contributed by atoms with Crippen LogP contribution in [0.5, 0.6) is 0 Å². The molecule has 1 saturated heterocycles. The van der Waals surface area contributed by atoms with Crippen LogP contribution >= 0.6 is 11.3 Å². The molecule has 18 heavy (non-hydrogen) atoms. The van der Waals surface area contributed by atoms with Crippen LogP contribution in [-0.4, -0.2) is 42.1 Å². The second-order valence-corrected chi connectivity index (χ2v) is 4.88. The lowest BCUT2D eigenvalue weighted by molar-refractivity contribution is -0.139. The Hall–Kier alpha value is -1.63. The number of nitrogens with zero attached hydrogens (tertiary/aromatic N) is 2. The highest BCUT2D eigenvalue weighted by atomic mass is 32.1. The summed E-state index contributed by atoms with van der Waals surface area (Å²) in [5, 5.41) is 5.00. The summed E-state index contributed by atoms with van der Waals surface area (Å²) < 4.78 is 4.56. The molecule has 7 heteroatoms. The Labute approximate surface area is 109 Å². The minimum atomic E-state index is -0.335. The molecule has 0 radical (unpaired) electrons. The molecule has 2 amide bonds. The fourth-order valence-electron chi connectivity index (χ4n) is 1.76. The van der Waals surface area contributed by atoms with Gasteiger partial charge in [0, 0.05) is 18.5 Å². The smallest absolute Gasteiger partial charge is 0.323 e. The van der Waals surface area contributed by atoms with E-state index in [2.05, 4.69) is 15.0 Å². The van der Waals surface area contributed by atoms with Gasteiger partial charge < -0.3 is 9.64 Å². The van der Waals surface area contributed by atoms with Crippen LogP contribution in [0.25, 0.3) is 0 Å². The summed E-state index contributed by atoms with van der Waals surface area (Å²) in [5.41, 5.74) is 0.614. The van der Waals surface area contributed by atoms with E-state index in [-0.39, 0.29) is 18.4 Å². The van der Waals surface area contributed by atoms with Crippen molar-refractivity contribution in [2.75, 3.05) is 25.5 Å². The van der Waals surface area contributed by atoms with E-state index in [0.717, 1.165) is 25.9 Å². The molecule has 1 aliphatic rings. The third kappa shape index (κ3) is 3.19. The first-order chi connectivity index (χ1) is 8.69. The number of aromatic nitrogens is 1. The summed E-state index contributed by atoms with van der Waals surface area (Å²) in [5.74, 6) is -0.335. The van der Waals surface area contributed by atoms with Gasteiger partial charge in [-0.25, -0.2) is 9.78 Å². The molecule has 2 rings (SSSR count). The molecule has 0 spiro atoms. The zero-order valence-electron chi connectivity index (χ0n) is 10.1. The third-order valence-corrected chi connectivity index (χ3v) is 3.52. The molecule has 0 unspecified atom stereocenters. The van der Waals surface area contributed by atoms with Crippen LogP contribution in [-0.2, 0) is 16.0 Å². The van der Waals surface area contributed by atoms with Crippen LogP contribution in [0.4, 0.5) is 9.93 Å². The average molecular weight is 269 g/mol. The van der Waals surface area contributed by atoms with E-state index in [1.807, 2.05) is 0 Å². The van der Waals surface area contributed by atoms with Gasteiger partial charge in [-0.15, -0.1) is 11.3 Å². The van der Waals surface area contributed by atoms with E-state index in [4.69, 9.17) is 0 Å². The maximum atomic E-state index is 11.8. The fraction of sp³-hybridized carbons (Fsp3) is 0.545. The molecule has 0 aliphatic carbocycles. The van der Waals surface area contributed by atoms with Gasteiger partial charge in [0.15, 0.2) is 5.13 Å². The number of thiazole rings is 1. The van der Waals surface area contributed by atoms with Crippen molar-refractivity contribution in [3.63, 3.8) is 0 Å². The molecular weight excluding hydrogens is 254 g/mol. The number of hydrogen-bond acceptors (Lipinski definition) is 5. The zero-order valence-corrected chi connectivity index (χ0v) is 11.0. The molecule has 1 N–H and O–H groups in total. The van der Waals surface area contributed by atoms with Crippen LogP contribution in [0.15, 0.2) is 5.38 Å². The number of carbonyl (C=O) groups is 2. The largest absolute Gasteiger partial charge is 0.469 e. The number of methoxy groups -OCH3 is 1. The Morgan fingerprint density at radius 3 is 2.89 bits per heavy atom. The molecule has 0 bridgehead atoms. The first kappa shape index (κ1) is 12.8. The molecular formula is C11H15N3O3S. The molecule has 0 aromatic carbocycles. The van der Waals surface area contributed by atoms with Crippen molar-refractivity contribution in [1.29, 1.82) is 0 Å². The molecule has 1 aromatic heterocycles. The van der Waals surface area contributed by atoms with Crippen molar-refractivity contribution in [1.82, 2.24) is 9.88 Å². The summed E-state index contributed by atoms with van der Waals surface area (Å²) in [6.07, 6.45) is 2.24. The van der Waals surface area contributed by atoms with Gasteiger partial charge >= 0.3 is 12.0 Å². The van der Waals surface area contributed by atoms with Gasteiger partial charge in [-0.3, -0.25) is 10.1 Å². The minimum Gasteiger partial charge on any atom is -0.469 e. The monoisotopic (exact) mass is 269 g/mol. The number of amides is 2. The second-order valence-electron chi connectivity index (χ2n) is 4.02. The van der Waals surface area contributed by atoms with E-state index in [0.29, 0.717) is 10.8 Å². The predicted molar refractivity (Wildman–Crippen MR) is 67.7 cm³/mol. The predicted octanol–water partition coefficient (Wildman–Crippen LogP) is 1.49. The van der Waals surface area contributed by atoms with Crippen LogP contribution in [0.1, 0.15) is 18.5 Å². The number of ether oxygens (including phenoxy) is 1. The van der Waals surface area contributed by atoms with Crippen molar-refractivity contribution in [2.24, 2.45) is 0 Å². The number of nitrogens with one attached hydrogen (secondary N) is 1. The molecule has 1 fully saturated rings. The topological polar surface area (TPSA) is 71.5 Å². The van der Waals surface area contributed by atoms with Crippen molar-refractivity contribution in [3.05, 3.63) is 11.1 Å². The lowest BCUT2D eigenvalue weighted by atomic mass is 10.3. The number of carbonyl (C=O) groups excluding carboxylic acids is 2. The highest BCUT2D eigenvalue weighted by Gasteiger charge is 2.18. The second kappa shape index (κ2) is 5.81. The van der Waals surface area contributed by atoms with Crippen molar-refractivity contribution in [3.8, 4) is 0 Å². The van der Waals surface area contributed by atoms with E-state index < -0.39 is 0 Å². The molecule has 0 atom stereocenters. The van der Waals surface area contributed by atoms with Gasteiger partial charge in [0.1, 0.15) is 0 Å².